The molecular formula is C16H19N3O. The fraction of sp³-hybridized carbons (Fsp3) is 0.375. The van der Waals surface area contributed by atoms with E-state index in [0.717, 1.165) is 30.3 Å². The van der Waals surface area contributed by atoms with Crippen LogP contribution in [0, 0.1) is 0 Å². The van der Waals surface area contributed by atoms with Gasteiger partial charge < -0.3 is 10.6 Å². The molecule has 1 fully saturated rings. The second kappa shape index (κ2) is 4.47. The number of likely N-dealkylation sites (tertiary alicyclic amines) is 1. The molecule has 20 heavy (non-hydrogen) atoms. The predicted molar refractivity (Wildman–Crippen MR) is 80.5 cm³/mol. The summed E-state index contributed by atoms with van der Waals surface area (Å²) in [7, 11) is 0. The fourth-order valence-corrected chi connectivity index (χ4v) is 2.93. The highest BCUT2D eigenvalue weighted by Gasteiger charge is 2.36. The van der Waals surface area contributed by atoms with E-state index in [-0.39, 0.29) is 11.4 Å². The van der Waals surface area contributed by atoms with Crippen molar-refractivity contribution in [1.82, 2.24) is 9.88 Å². The summed E-state index contributed by atoms with van der Waals surface area (Å²) < 4.78 is 0. The third-order valence-corrected chi connectivity index (χ3v) is 4.11. The highest BCUT2D eigenvalue weighted by molar-refractivity contribution is 5.99. The van der Waals surface area contributed by atoms with Crippen molar-refractivity contribution in [2.45, 2.75) is 32.2 Å². The van der Waals surface area contributed by atoms with Crippen molar-refractivity contribution in [3.8, 4) is 0 Å². The van der Waals surface area contributed by atoms with Crippen LogP contribution in [0.5, 0.6) is 0 Å². The zero-order valence-corrected chi connectivity index (χ0v) is 11.9. The lowest BCUT2D eigenvalue weighted by atomic mass is 10.0. The van der Waals surface area contributed by atoms with E-state index in [0.29, 0.717) is 11.4 Å². The third-order valence-electron chi connectivity index (χ3n) is 4.11. The maximum atomic E-state index is 12.7. The molecule has 0 saturated carbocycles. The summed E-state index contributed by atoms with van der Waals surface area (Å²) in [5.41, 5.74) is 7.77. The second-order valence-electron chi connectivity index (χ2n) is 5.99. The lowest BCUT2D eigenvalue weighted by Crippen LogP contribution is -2.43. The molecule has 104 valence electrons. The second-order valence-corrected chi connectivity index (χ2v) is 5.99. The molecule has 0 aliphatic carbocycles. The first-order chi connectivity index (χ1) is 9.49. The van der Waals surface area contributed by atoms with Crippen molar-refractivity contribution < 1.29 is 4.79 Å². The normalized spacial score (nSPS) is 17.6. The van der Waals surface area contributed by atoms with E-state index in [9.17, 15) is 4.79 Å². The van der Waals surface area contributed by atoms with Gasteiger partial charge in [0.15, 0.2) is 0 Å². The number of rotatable bonds is 1. The Kier molecular flexibility index (Phi) is 2.89. The van der Waals surface area contributed by atoms with Crippen molar-refractivity contribution in [1.29, 1.82) is 0 Å². The van der Waals surface area contributed by atoms with Crippen molar-refractivity contribution in [2.24, 2.45) is 0 Å². The number of fused-ring (bicyclic) bond motifs is 1. The molecule has 0 unspecified atom stereocenters. The fourth-order valence-electron chi connectivity index (χ4n) is 2.93. The number of amides is 1. The SMILES string of the molecule is CC1(C)CCCN1C(=O)c1cc(N)c2ccccc2n1. The molecule has 1 aromatic heterocycles. The summed E-state index contributed by atoms with van der Waals surface area (Å²) in [6.07, 6.45) is 2.07. The number of carbonyl (C=O) groups excluding carboxylic acids is 1. The molecule has 4 heteroatoms. The minimum Gasteiger partial charge on any atom is -0.398 e. The molecular weight excluding hydrogens is 250 g/mol. The zero-order valence-electron chi connectivity index (χ0n) is 11.9. The molecule has 1 saturated heterocycles. The Labute approximate surface area is 118 Å². The predicted octanol–water partition coefficient (Wildman–Crippen LogP) is 2.83. The number of nitrogens with zero attached hydrogens (tertiary/aromatic N) is 2. The number of hydrogen-bond donors (Lipinski definition) is 1. The quantitative estimate of drug-likeness (QED) is 0.866. The zero-order chi connectivity index (χ0) is 14.3. The molecule has 2 aromatic rings. The topological polar surface area (TPSA) is 59.2 Å². The van der Waals surface area contributed by atoms with Crippen LogP contribution in [-0.4, -0.2) is 27.9 Å². The Morgan fingerprint density at radius 2 is 2.10 bits per heavy atom. The van der Waals surface area contributed by atoms with Gasteiger partial charge in [-0.2, -0.15) is 0 Å². The standard InChI is InChI=1S/C16H19N3O/c1-16(2)8-5-9-19(16)15(20)14-10-12(17)11-6-3-4-7-13(11)18-14/h3-4,6-7,10H,5,8-9H2,1-2H3,(H2,17,18). The van der Waals surface area contributed by atoms with E-state index in [1.165, 1.54) is 0 Å². The van der Waals surface area contributed by atoms with Crippen molar-refractivity contribution in [3.63, 3.8) is 0 Å². The van der Waals surface area contributed by atoms with Gasteiger partial charge in [-0.25, -0.2) is 4.98 Å². The van der Waals surface area contributed by atoms with Crippen molar-refractivity contribution in [3.05, 3.63) is 36.0 Å². The van der Waals surface area contributed by atoms with Gasteiger partial charge in [-0.3, -0.25) is 4.79 Å². The van der Waals surface area contributed by atoms with Gasteiger partial charge in [0.05, 0.1) is 5.52 Å². The van der Waals surface area contributed by atoms with Crippen molar-refractivity contribution >= 4 is 22.5 Å². The van der Waals surface area contributed by atoms with E-state index in [1.807, 2.05) is 29.2 Å². The third kappa shape index (κ3) is 2.01. The molecule has 4 nitrogen and oxygen atoms in total. The van der Waals surface area contributed by atoms with Crippen LogP contribution in [0.1, 0.15) is 37.2 Å². The Bertz CT molecular complexity index is 678. The van der Waals surface area contributed by atoms with Crippen LogP contribution < -0.4 is 5.73 Å². The number of nitrogen functional groups attached to an aromatic ring is 1. The molecule has 1 aliphatic rings. The van der Waals surface area contributed by atoms with Crippen LogP contribution in [-0.2, 0) is 0 Å². The first kappa shape index (κ1) is 12.9. The smallest absolute Gasteiger partial charge is 0.272 e. The van der Waals surface area contributed by atoms with Crippen LogP contribution in [0.25, 0.3) is 10.9 Å². The van der Waals surface area contributed by atoms with Gasteiger partial charge in [0.2, 0.25) is 0 Å². The Balaban J connectivity index is 2.04. The molecule has 1 aliphatic heterocycles. The van der Waals surface area contributed by atoms with E-state index in [4.69, 9.17) is 5.73 Å². The number of nitrogens with two attached hydrogens (primary N) is 1. The van der Waals surface area contributed by atoms with Gasteiger partial charge in [-0.05, 0) is 38.8 Å². The van der Waals surface area contributed by atoms with Gasteiger partial charge in [-0.15, -0.1) is 0 Å². The minimum absolute atomic E-state index is 0.0232. The highest BCUT2D eigenvalue weighted by atomic mass is 16.2. The van der Waals surface area contributed by atoms with Gasteiger partial charge >= 0.3 is 0 Å². The Morgan fingerprint density at radius 3 is 2.80 bits per heavy atom. The van der Waals surface area contributed by atoms with E-state index >= 15 is 0 Å². The number of aromatic nitrogens is 1. The van der Waals surface area contributed by atoms with Crippen molar-refractivity contribution in [2.75, 3.05) is 12.3 Å². The number of pyridine rings is 1. The van der Waals surface area contributed by atoms with E-state index in [1.54, 1.807) is 6.07 Å². The summed E-state index contributed by atoms with van der Waals surface area (Å²) in [4.78, 5) is 19.0. The van der Waals surface area contributed by atoms with E-state index in [2.05, 4.69) is 18.8 Å². The number of benzene rings is 1. The number of para-hydroxylation sites is 1. The lowest BCUT2D eigenvalue weighted by molar-refractivity contribution is 0.0646. The number of carbonyl (C=O) groups is 1. The summed E-state index contributed by atoms with van der Waals surface area (Å²) in [5, 5.41) is 0.893. The molecule has 1 aromatic carbocycles. The molecule has 1 amide bonds. The largest absolute Gasteiger partial charge is 0.398 e. The molecule has 0 atom stereocenters. The number of hydrogen-bond acceptors (Lipinski definition) is 3. The molecule has 2 N–H and O–H groups in total. The van der Waals surface area contributed by atoms with Crippen LogP contribution in [0.2, 0.25) is 0 Å². The summed E-state index contributed by atoms with van der Waals surface area (Å²) in [6.45, 7) is 4.99. The van der Waals surface area contributed by atoms with Crippen LogP contribution >= 0.6 is 0 Å². The first-order valence-electron chi connectivity index (χ1n) is 6.96. The van der Waals surface area contributed by atoms with Crippen LogP contribution in [0.15, 0.2) is 30.3 Å². The first-order valence-corrected chi connectivity index (χ1v) is 6.96. The number of anilines is 1. The summed E-state index contributed by atoms with van der Waals surface area (Å²) in [5.74, 6) is -0.0232. The summed E-state index contributed by atoms with van der Waals surface area (Å²) >= 11 is 0. The Morgan fingerprint density at radius 1 is 1.35 bits per heavy atom. The molecule has 0 bridgehead atoms. The maximum absolute atomic E-state index is 12.7. The highest BCUT2D eigenvalue weighted by Crippen LogP contribution is 2.30. The average Bonchev–Trinajstić information content (AvgIpc) is 2.77. The van der Waals surface area contributed by atoms with Gasteiger partial charge in [0.1, 0.15) is 5.69 Å². The lowest BCUT2D eigenvalue weighted by Gasteiger charge is -2.31. The molecule has 0 radical (unpaired) electrons. The minimum atomic E-state index is -0.0980. The molecule has 2 heterocycles. The Hall–Kier alpha value is -2.10. The molecule has 0 spiro atoms. The summed E-state index contributed by atoms with van der Waals surface area (Å²) in [6, 6.07) is 9.33. The molecule has 3 rings (SSSR count). The van der Waals surface area contributed by atoms with E-state index < -0.39 is 0 Å². The van der Waals surface area contributed by atoms with Gasteiger partial charge in [0, 0.05) is 23.2 Å². The average molecular weight is 269 g/mol. The van der Waals surface area contributed by atoms with Gasteiger partial charge in [-0.1, -0.05) is 18.2 Å². The van der Waals surface area contributed by atoms with Crippen LogP contribution in [0.4, 0.5) is 5.69 Å². The monoisotopic (exact) mass is 269 g/mol. The maximum Gasteiger partial charge on any atom is 0.272 e. The van der Waals surface area contributed by atoms with Crippen LogP contribution in [0.3, 0.4) is 0 Å². The van der Waals surface area contributed by atoms with Gasteiger partial charge in [0.25, 0.3) is 5.91 Å².